The van der Waals surface area contributed by atoms with Crippen molar-refractivity contribution in [2.75, 3.05) is 0 Å². The van der Waals surface area contributed by atoms with Crippen molar-refractivity contribution in [1.29, 1.82) is 0 Å². The zero-order chi connectivity index (χ0) is 0. The summed E-state index contributed by atoms with van der Waals surface area (Å²) in [4.78, 5) is 0. The quantitative estimate of drug-likeness (QED) is 0.237. The Kier molecular flexibility index (Phi) is 820. The molecular formula is H9LiNOP. The fraction of sp³-hybridized carbons (Fsp3) is 0. The molecule has 0 heterocycles. The Balaban J connectivity index is 0. The molecule has 0 bridgehead atoms. The van der Waals surface area contributed by atoms with E-state index in [4.69, 9.17) is 0 Å². The van der Waals surface area contributed by atoms with E-state index >= 15 is 0 Å². The Bertz CT molecular complexity index is 11.6. The first-order chi connectivity index (χ1) is 0. The Hall–Kier alpha value is 0.947. The average Bonchev–Trinajstić information content (AvgIpc) is 0. The summed E-state index contributed by atoms with van der Waals surface area (Å²) in [6, 6.07) is 0. The van der Waals surface area contributed by atoms with Crippen LogP contribution in [0.2, 0.25) is 0 Å². The SMILES string of the molecule is N.O.P.[H-].[Li+]. The van der Waals surface area contributed by atoms with Crippen LogP contribution < -0.4 is 25.0 Å². The van der Waals surface area contributed by atoms with Gasteiger partial charge in [-0.15, -0.1) is 0 Å². The van der Waals surface area contributed by atoms with Crippen LogP contribution in [0, 0.1) is 0 Å². The van der Waals surface area contributed by atoms with E-state index in [0.717, 1.165) is 0 Å². The van der Waals surface area contributed by atoms with Crippen LogP contribution in [0.1, 0.15) is 1.43 Å². The predicted octanol–water partition coefficient (Wildman–Crippen LogP) is -3.49. The number of hydrogen-bond donors (Lipinski definition) is 1. The molecule has 4 heteroatoms. The Labute approximate surface area is 42.5 Å². The van der Waals surface area contributed by atoms with Crippen LogP contribution >= 0.6 is 9.90 Å². The molecule has 0 aliphatic heterocycles. The average molecular weight is 77.0 g/mol. The van der Waals surface area contributed by atoms with E-state index in [1.807, 2.05) is 0 Å². The maximum Gasteiger partial charge on any atom is 1.00 e. The van der Waals surface area contributed by atoms with Crippen LogP contribution in [-0.4, -0.2) is 5.48 Å². The van der Waals surface area contributed by atoms with Crippen molar-refractivity contribution in [2.24, 2.45) is 0 Å². The van der Waals surface area contributed by atoms with Crippen LogP contribution in [0.5, 0.6) is 0 Å². The molecule has 1 unspecified atom stereocenters. The van der Waals surface area contributed by atoms with Gasteiger partial charge in [-0.3, -0.25) is 0 Å². The van der Waals surface area contributed by atoms with Crippen molar-refractivity contribution in [3.8, 4) is 0 Å². The van der Waals surface area contributed by atoms with Gasteiger partial charge in [-0.2, -0.15) is 9.90 Å². The van der Waals surface area contributed by atoms with E-state index in [2.05, 4.69) is 0 Å². The third kappa shape index (κ3) is 12.5. The summed E-state index contributed by atoms with van der Waals surface area (Å²) in [5.74, 6) is 0. The maximum absolute atomic E-state index is 0. The monoisotopic (exact) mass is 77.1 g/mol. The molecule has 0 spiro atoms. The molecule has 0 fully saturated rings. The van der Waals surface area contributed by atoms with Gasteiger partial charge in [0, 0.05) is 0 Å². The smallest absolute Gasteiger partial charge is 1.00 e. The van der Waals surface area contributed by atoms with Crippen LogP contribution in [0.25, 0.3) is 0 Å². The standard InChI is InChI=1S/Li.H3N.H2O.H3P.H/h;1H3;1H2;1H3;/q+1;;;;-1. The number of rotatable bonds is 0. The summed E-state index contributed by atoms with van der Waals surface area (Å²) in [5.41, 5.74) is 0. The second-order valence-corrected chi connectivity index (χ2v) is 0. The Morgan fingerprint density at radius 3 is 1.25 bits per heavy atom. The van der Waals surface area contributed by atoms with E-state index in [-0.39, 0.29) is 41.8 Å². The van der Waals surface area contributed by atoms with Crippen molar-refractivity contribution in [3.05, 3.63) is 0 Å². The molecule has 0 saturated heterocycles. The molecule has 1 atom stereocenters. The second kappa shape index (κ2) is 38.2. The summed E-state index contributed by atoms with van der Waals surface area (Å²) in [6.45, 7) is 0. The minimum Gasteiger partial charge on any atom is -1.00 e. The minimum absolute atomic E-state index is 0. The first kappa shape index (κ1) is 85.9. The van der Waals surface area contributed by atoms with E-state index in [0.29, 0.717) is 0 Å². The first-order valence-corrected chi connectivity index (χ1v) is 0. The molecule has 4 heavy (non-hydrogen) atoms. The fourth-order valence-electron chi connectivity index (χ4n) is 0. The summed E-state index contributed by atoms with van der Waals surface area (Å²) < 4.78 is 0. The van der Waals surface area contributed by atoms with Gasteiger partial charge in [0.15, 0.2) is 0 Å². The molecule has 0 radical (unpaired) electrons. The third-order valence-corrected chi connectivity index (χ3v) is 0. The first-order valence-electron chi connectivity index (χ1n) is 0. The predicted molar refractivity (Wildman–Crippen MR) is 20.9 cm³/mol. The van der Waals surface area contributed by atoms with E-state index < -0.39 is 0 Å². The normalized spacial score (nSPS) is 0. The zero-order valence-electron chi connectivity index (χ0n) is 3.91. The second-order valence-electron chi connectivity index (χ2n) is 0. The van der Waals surface area contributed by atoms with Crippen LogP contribution in [0.4, 0.5) is 0 Å². The third-order valence-electron chi connectivity index (χ3n) is 0. The van der Waals surface area contributed by atoms with Crippen molar-refractivity contribution < 1.29 is 25.8 Å². The molecule has 0 rings (SSSR count). The van der Waals surface area contributed by atoms with Crippen molar-refractivity contribution >= 4 is 9.90 Å². The van der Waals surface area contributed by atoms with Crippen LogP contribution in [0.3, 0.4) is 0 Å². The van der Waals surface area contributed by atoms with Gasteiger partial charge in [0.2, 0.25) is 0 Å². The van der Waals surface area contributed by atoms with Crippen molar-refractivity contribution in [1.82, 2.24) is 6.15 Å². The maximum atomic E-state index is 0. The zero-order valence-corrected chi connectivity index (χ0v) is 4.33. The topological polar surface area (TPSA) is 66.5 Å². The molecule has 0 amide bonds. The fourth-order valence-corrected chi connectivity index (χ4v) is 0. The van der Waals surface area contributed by atoms with Gasteiger partial charge in [0.1, 0.15) is 0 Å². The van der Waals surface area contributed by atoms with Crippen LogP contribution in [-0.2, 0) is 0 Å². The van der Waals surface area contributed by atoms with Gasteiger partial charge in [0.05, 0.1) is 0 Å². The van der Waals surface area contributed by atoms with Crippen molar-refractivity contribution in [2.45, 2.75) is 0 Å². The number of hydrogen-bond acceptors (Lipinski definition) is 1. The molecule has 2 nitrogen and oxygen atoms in total. The van der Waals surface area contributed by atoms with Gasteiger partial charge in [-0.05, 0) is 0 Å². The van der Waals surface area contributed by atoms with Gasteiger partial charge in [-0.25, -0.2) is 0 Å². The molecule has 5 N–H and O–H groups in total. The Morgan fingerprint density at radius 2 is 1.25 bits per heavy atom. The molecule has 0 aromatic rings. The largest absolute Gasteiger partial charge is 1.00 e. The molecule has 0 aliphatic rings. The summed E-state index contributed by atoms with van der Waals surface area (Å²) in [6.07, 6.45) is 0. The molecule has 0 aromatic carbocycles. The Morgan fingerprint density at radius 1 is 1.25 bits per heavy atom. The summed E-state index contributed by atoms with van der Waals surface area (Å²) in [5, 5.41) is 0. The van der Waals surface area contributed by atoms with Crippen LogP contribution in [0.15, 0.2) is 0 Å². The van der Waals surface area contributed by atoms with Gasteiger partial charge in [0.25, 0.3) is 0 Å². The summed E-state index contributed by atoms with van der Waals surface area (Å²) in [7, 11) is 0. The van der Waals surface area contributed by atoms with E-state index in [1.54, 1.807) is 0 Å². The van der Waals surface area contributed by atoms with Crippen molar-refractivity contribution in [3.63, 3.8) is 0 Å². The minimum atomic E-state index is 0. The molecule has 26 valence electrons. The van der Waals surface area contributed by atoms with Gasteiger partial charge >= 0.3 is 18.9 Å². The van der Waals surface area contributed by atoms with E-state index in [1.165, 1.54) is 0 Å². The van der Waals surface area contributed by atoms with Gasteiger partial charge in [-0.1, -0.05) is 0 Å². The van der Waals surface area contributed by atoms with E-state index in [9.17, 15) is 0 Å². The van der Waals surface area contributed by atoms with Gasteiger partial charge < -0.3 is 13.1 Å². The summed E-state index contributed by atoms with van der Waals surface area (Å²) >= 11 is 0. The molecule has 0 aromatic heterocycles. The molecule has 0 aliphatic carbocycles. The molecular weight excluding hydrogens is 67.9 g/mol. The molecule has 0 saturated carbocycles.